The van der Waals surface area contributed by atoms with E-state index in [1.165, 1.54) is 39.0 Å². The number of allylic oxidation sites excluding steroid dienone is 9. The Morgan fingerprint density at radius 3 is 2.37 bits per heavy atom. The lowest BCUT2D eigenvalue weighted by Crippen LogP contribution is -2.14. The lowest BCUT2D eigenvalue weighted by molar-refractivity contribution is 0.396. The van der Waals surface area contributed by atoms with Crippen molar-refractivity contribution in [1.29, 1.82) is 0 Å². The Balaban J connectivity index is 2.68. The summed E-state index contributed by atoms with van der Waals surface area (Å²) in [6.07, 6.45) is 12.5. The summed E-state index contributed by atoms with van der Waals surface area (Å²) >= 11 is 0. The van der Waals surface area contributed by atoms with Crippen LogP contribution in [-0.2, 0) is 6.42 Å². The molecule has 1 atom stereocenters. The lowest BCUT2D eigenvalue weighted by atomic mass is 9.79. The molecule has 0 saturated heterocycles. The smallest absolute Gasteiger partial charge is 0.112 e. The fourth-order valence-electron chi connectivity index (χ4n) is 4.57. The fourth-order valence-corrected chi connectivity index (χ4v) is 4.57. The molecule has 1 aromatic rings. The van der Waals surface area contributed by atoms with E-state index in [-0.39, 0.29) is 11.2 Å². The third kappa shape index (κ3) is 5.14. The number of hydrogen-bond donors (Lipinski definition) is 1. The van der Waals surface area contributed by atoms with Crippen LogP contribution in [0.1, 0.15) is 63.3 Å². The molecule has 1 aliphatic carbocycles. The van der Waals surface area contributed by atoms with E-state index >= 15 is 0 Å². The van der Waals surface area contributed by atoms with Crippen LogP contribution in [0.15, 0.2) is 78.1 Å². The SMILES string of the molecule is C=C(O)/C(=C/C)C(C)(C)/C=C1\CC(=C)C(/C(C)=C/C=C\C)Cc2cc(C)c(C)cc21. The highest BCUT2D eigenvalue weighted by atomic mass is 16.3. The Morgan fingerprint density at radius 1 is 1.17 bits per heavy atom. The van der Waals surface area contributed by atoms with Crippen molar-refractivity contribution in [3.8, 4) is 0 Å². The van der Waals surface area contributed by atoms with Crippen molar-refractivity contribution in [1.82, 2.24) is 0 Å². The maximum absolute atomic E-state index is 10.1. The zero-order chi connectivity index (χ0) is 22.6. The molecule has 1 aromatic carbocycles. The van der Waals surface area contributed by atoms with Crippen LogP contribution in [0.4, 0.5) is 0 Å². The minimum Gasteiger partial charge on any atom is -0.508 e. The highest BCUT2D eigenvalue weighted by molar-refractivity contribution is 5.74. The van der Waals surface area contributed by atoms with Crippen LogP contribution in [0.3, 0.4) is 0 Å². The van der Waals surface area contributed by atoms with Crippen LogP contribution in [0.5, 0.6) is 0 Å². The fraction of sp³-hybridized carbons (Fsp3) is 0.379. The first-order chi connectivity index (χ1) is 14.0. The Kier molecular flexibility index (Phi) is 7.53. The molecule has 2 rings (SSSR count). The molecule has 1 heteroatoms. The summed E-state index contributed by atoms with van der Waals surface area (Å²) in [5, 5.41) is 10.1. The molecule has 0 fully saturated rings. The largest absolute Gasteiger partial charge is 0.508 e. The lowest BCUT2D eigenvalue weighted by Gasteiger charge is -2.26. The number of fused-ring (bicyclic) bond motifs is 1. The molecular formula is C29H38O. The highest BCUT2D eigenvalue weighted by Crippen LogP contribution is 2.42. The van der Waals surface area contributed by atoms with E-state index in [0.29, 0.717) is 5.92 Å². The number of rotatable bonds is 5. The van der Waals surface area contributed by atoms with E-state index in [9.17, 15) is 5.11 Å². The van der Waals surface area contributed by atoms with Crippen molar-refractivity contribution in [2.75, 3.05) is 0 Å². The van der Waals surface area contributed by atoms with E-state index in [1.807, 2.05) is 19.9 Å². The second kappa shape index (κ2) is 9.51. The predicted molar refractivity (Wildman–Crippen MR) is 133 cm³/mol. The molecule has 1 unspecified atom stereocenters. The van der Waals surface area contributed by atoms with E-state index < -0.39 is 0 Å². The topological polar surface area (TPSA) is 20.2 Å². The number of benzene rings is 1. The van der Waals surface area contributed by atoms with Crippen molar-refractivity contribution >= 4 is 5.57 Å². The molecule has 160 valence electrons. The quantitative estimate of drug-likeness (QED) is 0.227. The molecule has 0 amide bonds. The van der Waals surface area contributed by atoms with Gasteiger partial charge in [0, 0.05) is 11.3 Å². The van der Waals surface area contributed by atoms with Crippen molar-refractivity contribution < 1.29 is 5.11 Å². The van der Waals surface area contributed by atoms with Crippen LogP contribution < -0.4 is 0 Å². The minimum absolute atomic E-state index is 0.134. The first-order valence-corrected chi connectivity index (χ1v) is 10.9. The summed E-state index contributed by atoms with van der Waals surface area (Å²) in [4.78, 5) is 0. The zero-order valence-corrected chi connectivity index (χ0v) is 19.9. The average molecular weight is 403 g/mol. The molecule has 0 radical (unpaired) electrons. The first kappa shape index (κ1) is 23.7. The molecule has 0 spiro atoms. The first-order valence-electron chi connectivity index (χ1n) is 10.9. The van der Waals surface area contributed by atoms with Gasteiger partial charge in [-0.2, -0.15) is 0 Å². The maximum Gasteiger partial charge on any atom is 0.112 e. The molecule has 1 nitrogen and oxygen atoms in total. The van der Waals surface area contributed by atoms with Gasteiger partial charge in [-0.3, -0.25) is 0 Å². The van der Waals surface area contributed by atoms with Crippen LogP contribution >= 0.6 is 0 Å². The normalized spacial score (nSPS) is 19.9. The third-order valence-electron chi connectivity index (χ3n) is 6.33. The summed E-state index contributed by atoms with van der Waals surface area (Å²) in [5.74, 6) is 0.458. The Hall–Kier alpha value is -2.54. The van der Waals surface area contributed by atoms with Gasteiger partial charge in [0.25, 0.3) is 0 Å². The number of aliphatic hydroxyl groups excluding tert-OH is 1. The molecule has 0 aromatic heterocycles. The van der Waals surface area contributed by atoms with Crippen molar-refractivity contribution in [3.63, 3.8) is 0 Å². The van der Waals surface area contributed by atoms with Crippen LogP contribution in [0, 0.1) is 25.2 Å². The molecule has 30 heavy (non-hydrogen) atoms. The summed E-state index contributed by atoms with van der Waals surface area (Å²) in [5.41, 5.74) is 9.72. The monoisotopic (exact) mass is 402 g/mol. The van der Waals surface area contributed by atoms with E-state index in [1.54, 1.807) is 0 Å². The molecule has 0 bridgehead atoms. The second-order valence-electron chi connectivity index (χ2n) is 9.16. The molecule has 0 aliphatic heterocycles. The Bertz CT molecular complexity index is 960. The van der Waals surface area contributed by atoms with Crippen molar-refractivity contribution in [2.24, 2.45) is 11.3 Å². The van der Waals surface area contributed by atoms with Gasteiger partial charge in [0.05, 0.1) is 0 Å². The van der Waals surface area contributed by atoms with Gasteiger partial charge < -0.3 is 5.11 Å². The molecule has 0 saturated carbocycles. The van der Waals surface area contributed by atoms with Gasteiger partial charge in [0.15, 0.2) is 0 Å². The minimum atomic E-state index is -0.331. The van der Waals surface area contributed by atoms with Gasteiger partial charge in [-0.25, -0.2) is 0 Å². The summed E-state index contributed by atoms with van der Waals surface area (Å²) < 4.78 is 0. The van der Waals surface area contributed by atoms with E-state index in [2.05, 4.69) is 84.2 Å². The standard InChI is InChI=1S/C29H38O/c1-10-12-13-19(3)26-17-24-14-20(4)21(5)16-27(24)25(15-22(26)6)18-29(8,9)28(11-2)23(7)30/h10-14,16,18,26,30H,6-7,15,17H2,1-5,8-9H3/b12-10-,19-13+,25-18+,28-11-. The molecule has 1 N–H and O–H groups in total. The predicted octanol–water partition coefficient (Wildman–Crippen LogP) is 8.37. The van der Waals surface area contributed by atoms with E-state index in [4.69, 9.17) is 0 Å². The summed E-state index contributed by atoms with van der Waals surface area (Å²) in [6.45, 7) is 23.1. The van der Waals surface area contributed by atoms with Gasteiger partial charge in [-0.15, -0.1) is 0 Å². The Labute approximate surface area is 183 Å². The number of aliphatic hydroxyl groups is 1. The molecule has 1 aliphatic rings. The van der Waals surface area contributed by atoms with Crippen LogP contribution in [-0.4, -0.2) is 5.11 Å². The molecule has 0 heterocycles. The van der Waals surface area contributed by atoms with Gasteiger partial charge in [-0.1, -0.05) is 80.7 Å². The van der Waals surface area contributed by atoms with Gasteiger partial charge in [-0.05, 0) is 80.9 Å². The third-order valence-corrected chi connectivity index (χ3v) is 6.33. The average Bonchev–Trinajstić information content (AvgIpc) is 2.77. The van der Waals surface area contributed by atoms with Crippen LogP contribution in [0.25, 0.3) is 5.57 Å². The van der Waals surface area contributed by atoms with Gasteiger partial charge in [0.2, 0.25) is 0 Å². The summed E-state index contributed by atoms with van der Waals surface area (Å²) in [6, 6.07) is 4.68. The van der Waals surface area contributed by atoms with Gasteiger partial charge in [0.1, 0.15) is 5.76 Å². The number of hydrogen-bond acceptors (Lipinski definition) is 1. The molecular weight excluding hydrogens is 364 g/mol. The van der Waals surface area contributed by atoms with Gasteiger partial charge >= 0.3 is 0 Å². The summed E-state index contributed by atoms with van der Waals surface area (Å²) in [7, 11) is 0. The number of aryl methyl sites for hydroxylation is 2. The Morgan fingerprint density at radius 2 is 1.80 bits per heavy atom. The van der Waals surface area contributed by atoms with Crippen molar-refractivity contribution in [2.45, 2.75) is 61.3 Å². The second-order valence-corrected chi connectivity index (χ2v) is 9.16. The zero-order valence-electron chi connectivity index (χ0n) is 19.9. The van der Waals surface area contributed by atoms with Crippen molar-refractivity contribution in [3.05, 3.63) is 100 Å². The van der Waals surface area contributed by atoms with E-state index in [0.717, 1.165) is 18.4 Å². The van der Waals surface area contributed by atoms with Crippen LogP contribution in [0.2, 0.25) is 0 Å². The maximum atomic E-state index is 10.1. The highest BCUT2D eigenvalue weighted by Gasteiger charge is 2.28.